The minimum absolute atomic E-state index is 0.374. The number of aliphatic hydroxyl groups is 1. The van der Waals surface area contributed by atoms with Crippen LogP contribution in [0.5, 0.6) is 0 Å². The highest BCUT2D eigenvalue weighted by Crippen LogP contribution is 2.26. The van der Waals surface area contributed by atoms with Gasteiger partial charge in [-0.2, -0.15) is 0 Å². The average molecular weight is 281 g/mol. The van der Waals surface area contributed by atoms with Gasteiger partial charge in [0, 0.05) is 12.3 Å². The zero-order valence-electron chi connectivity index (χ0n) is 12.2. The third-order valence-electron chi connectivity index (χ3n) is 3.49. The van der Waals surface area contributed by atoms with Crippen molar-refractivity contribution in [3.05, 3.63) is 71.5 Å². The van der Waals surface area contributed by atoms with Crippen molar-refractivity contribution in [2.75, 3.05) is 0 Å². The molecule has 0 saturated heterocycles. The first-order valence-electron chi connectivity index (χ1n) is 6.87. The lowest BCUT2D eigenvalue weighted by Gasteiger charge is -2.06. The SMILES string of the molecule is C=NOC(=C)c1ccc(C2=CCC(CC)=C(O)C=C2)cc1. The van der Waals surface area contributed by atoms with E-state index in [1.54, 1.807) is 6.08 Å². The average Bonchev–Trinajstić information content (AvgIpc) is 2.69. The molecule has 0 aliphatic heterocycles. The van der Waals surface area contributed by atoms with Crippen LogP contribution in [0.25, 0.3) is 11.3 Å². The predicted molar refractivity (Wildman–Crippen MR) is 87.8 cm³/mol. The van der Waals surface area contributed by atoms with Crippen LogP contribution >= 0.6 is 0 Å². The number of nitrogens with zero attached hydrogens (tertiary/aromatic N) is 1. The Hall–Kier alpha value is -2.55. The van der Waals surface area contributed by atoms with Gasteiger partial charge in [-0.25, -0.2) is 0 Å². The van der Waals surface area contributed by atoms with Crippen LogP contribution in [0.4, 0.5) is 0 Å². The summed E-state index contributed by atoms with van der Waals surface area (Å²) in [6.07, 6.45) is 7.44. The number of benzene rings is 1. The molecule has 0 bridgehead atoms. The van der Waals surface area contributed by atoms with E-state index in [0.29, 0.717) is 11.5 Å². The van der Waals surface area contributed by atoms with E-state index in [-0.39, 0.29) is 0 Å². The van der Waals surface area contributed by atoms with Gasteiger partial charge in [0.1, 0.15) is 5.76 Å². The van der Waals surface area contributed by atoms with Crippen molar-refractivity contribution in [1.29, 1.82) is 0 Å². The van der Waals surface area contributed by atoms with Crippen LogP contribution in [-0.2, 0) is 4.84 Å². The van der Waals surface area contributed by atoms with Crippen LogP contribution in [0.2, 0.25) is 0 Å². The van der Waals surface area contributed by atoms with E-state index in [1.807, 2.05) is 37.3 Å². The third kappa shape index (κ3) is 3.51. The molecule has 21 heavy (non-hydrogen) atoms. The number of aliphatic hydroxyl groups excluding tert-OH is 1. The summed E-state index contributed by atoms with van der Waals surface area (Å²) in [6.45, 7) is 9.10. The molecule has 0 unspecified atom stereocenters. The lowest BCUT2D eigenvalue weighted by molar-refractivity contribution is 0.303. The molecular weight excluding hydrogens is 262 g/mol. The standard InChI is InChI=1S/C18H19NO2/c1-4-14-5-8-17(11-12-18(14)20)16-9-6-15(7-10-16)13(2)21-19-3/h6-12,20H,2-5H2,1H3. The van der Waals surface area contributed by atoms with E-state index in [9.17, 15) is 5.11 Å². The maximum Gasteiger partial charge on any atom is 0.157 e. The summed E-state index contributed by atoms with van der Waals surface area (Å²) in [5, 5.41) is 13.3. The van der Waals surface area contributed by atoms with Gasteiger partial charge in [0.15, 0.2) is 5.76 Å². The number of rotatable bonds is 5. The Bertz CT molecular complexity index is 634. The largest absolute Gasteiger partial charge is 0.508 e. The van der Waals surface area contributed by atoms with Crippen LogP contribution in [0.15, 0.2) is 65.6 Å². The van der Waals surface area contributed by atoms with Crippen LogP contribution in [0.3, 0.4) is 0 Å². The second-order valence-corrected chi connectivity index (χ2v) is 4.76. The first kappa shape index (κ1) is 14.9. The Labute approximate surface area is 125 Å². The van der Waals surface area contributed by atoms with Crippen LogP contribution in [0, 0.1) is 0 Å². The van der Waals surface area contributed by atoms with Gasteiger partial charge >= 0.3 is 0 Å². The molecular formula is C18H19NO2. The second kappa shape index (κ2) is 6.75. The maximum atomic E-state index is 9.90. The molecule has 3 nitrogen and oxygen atoms in total. The summed E-state index contributed by atoms with van der Waals surface area (Å²) in [5.74, 6) is 0.841. The molecule has 0 saturated carbocycles. The Kier molecular flexibility index (Phi) is 4.77. The minimum atomic E-state index is 0.374. The van der Waals surface area contributed by atoms with Gasteiger partial charge in [0.05, 0.1) is 0 Å². The molecule has 0 aromatic heterocycles. The Morgan fingerprint density at radius 3 is 2.62 bits per heavy atom. The van der Waals surface area contributed by atoms with Crippen LogP contribution in [-0.4, -0.2) is 11.8 Å². The van der Waals surface area contributed by atoms with Gasteiger partial charge in [0.2, 0.25) is 0 Å². The van der Waals surface area contributed by atoms with Gasteiger partial charge in [-0.1, -0.05) is 55.1 Å². The van der Waals surface area contributed by atoms with E-state index < -0.39 is 0 Å². The summed E-state index contributed by atoms with van der Waals surface area (Å²) in [6, 6.07) is 7.85. The molecule has 0 fully saturated rings. The first-order valence-corrected chi connectivity index (χ1v) is 6.87. The van der Waals surface area contributed by atoms with Crippen molar-refractivity contribution in [2.24, 2.45) is 5.16 Å². The minimum Gasteiger partial charge on any atom is -0.508 e. The molecule has 0 amide bonds. The van der Waals surface area contributed by atoms with E-state index in [0.717, 1.165) is 35.1 Å². The summed E-state index contributed by atoms with van der Waals surface area (Å²) < 4.78 is 0. The van der Waals surface area contributed by atoms with Crippen molar-refractivity contribution in [3.63, 3.8) is 0 Å². The number of hydrogen-bond acceptors (Lipinski definition) is 3. The molecule has 0 radical (unpaired) electrons. The van der Waals surface area contributed by atoms with E-state index >= 15 is 0 Å². The maximum absolute atomic E-state index is 9.90. The van der Waals surface area contributed by atoms with Crippen molar-refractivity contribution >= 4 is 18.0 Å². The van der Waals surface area contributed by atoms with Crippen molar-refractivity contribution < 1.29 is 9.94 Å². The van der Waals surface area contributed by atoms with E-state index in [1.165, 1.54) is 0 Å². The lowest BCUT2D eigenvalue weighted by atomic mass is 10.0. The molecule has 0 atom stereocenters. The molecule has 3 heteroatoms. The second-order valence-electron chi connectivity index (χ2n) is 4.76. The molecule has 1 aromatic carbocycles. The van der Waals surface area contributed by atoms with Crippen LogP contribution in [0.1, 0.15) is 30.9 Å². The number of hydrogen-bond donors (Lipinski definition) is 1. The highest BCUT2D eigenvalue weighted by atomic mass is 16.6. The molecule has 0 heterocycles. The van der Waals surface area contributed by atoms with Crippen molar-refractivity contribution in [2.45, 2.75) is 19.8 Å². The van der Waals surface area contributed by atoms with E-state index in [2.05, 4.69) is 24.5 Å². The predicted octanol–water partition coefficient (Wildman–Crippen LogP) is 4.85. The fourth-order valence-electron chi connectivity index (χ4n) is 2.21. The molecule has 1 aliphatic rings. The summed E-state index contributed by atoms with van der Waals surface area (Å²) >= 11 is 0. The Balaban J connectivity index is 2.20. The molecule has 1 aliphatic carbocycles. The number of oxime groups is 1. The topological polar surface area (TPSA) is 41.8 Å². The summed E-state index contributed by atoms with van der Waals surface area (Å²) in [7, 11) is 0. The van der Waals surface area contributed by atoms with Crippen LogP contribution < -0.4 is 0 Å². The van der Waals surface area contributed by atoms with Crippen molar-refractivity contribution in [3.8, 4) is 0 Å². The monoisotopic (exact) mass is 281 g/mol. The molecule has 1 N–H and O–H groups in total. The quantitative estimate of drug-likeness (QED) is 0.476. The van der Waals surface area contributed by atoms with Crippen molar-refractivity contribution in [1.82, 2.24) is 0 Å². The Morgan fingerprint density at radius 2 is 2.00 bits per heavy atom. The van der Waals surface area contributed by atoms with Gasteiger partial charge in [-0.15, -0.1) is 0 Å². The van der Waals surface area contributed by atoms with Gasteiger partial charge < -0.3 is 9.94 Å². The smallest absolute Gasteiger partial charge is 0.157 e. The number of allylic oxidation sites excluding steroid dienone is 5. The molecule has 108 valence electrons. The first-order chi connectivity index (χ1) is 10.2. The normalized spacial score (nSPS) is 14.4. The zero-order chi connectivity index (χ0) is 15.2. The fraction of sp³-hybridized carbons (Fsp3) is 0.167. The van der Waals surface area contributed by atoms with Gasteiger partial charge in [-0.05, 0) is 35.6 Å². The highest BCUT2D eigenvalue weighted by molar-refractivity contribution is 5.76. The Morgan fingerprint density at radius 1 is 1.29 bits per heavy atom. The van der Waals surface area contributed by atoms with E-state index in [4.69, 9.17) is 4.84 Å². The molecule has 2 rings (SSSR count). The van der Waals surface area contributed by atoms with Gasteiger partial charge in [-0.3, -0.25) is 0 Å². The lowest BCUT2D eigenvalue weighted by Crippen LogP contribution is -1.87. The molecule has 0 spiro atoms. The zero-order valence-corrected chi connectivity index (χ0v) is 12.2. The summed E-state index contributed by atoms with van der Waals surface area (Å²) in [4.78, 5) is 4.93. The fourth-order valence-corrected chi connectivity index (χ4v) is 2.21. The molecule has 1 aromatic rings. The van der Waals surface area contributed by atoms with Gasteiger partial charge in [0.25, 0.3) is 0 Å². The third-order valence-corrected chi connectivity index (χ3v) is 3.49. The summed E-state index contributed by atoms with van der Waals surface area (Å²) in [5.41, 5.74) is 4.08. The highest BCUT2D eigenvalue weighted by Gasteiger charge is 2.07.